The van der Waals surface area contributed by atoms with Gasteiger partial charge in [-0.3, -0.25) is 14.7 Å². The van der Waals surface area contributed by atoms with Crippen molar-refractivity contribution in [3.8, 4) is 0 Å². The van der Waals surface area contributed by atoms with E-state index in [1.807, 2.05) is 4.90 Å². The van der Waals surface area contributed by atoms with Crippen LogP contribution in [0.2, 0.25) is 0 Å². The third kappa shape index (κ3) is 2.98. The minimum absolute atomic E-state index is 0.327. The van der Waals surface area contributed by atoms with Crippen molar-refractivity contribution in [2.75, 3.05) is 45.8 Å². The van der Waals surface area contributed by atoms with Crippen LogP contribution in [0.3, 0.4) is 0 Å². The van der Waals surface area contributed by atoms with Gasteiger partial charge in [0.1, 0.15) is 5.84 Å². The van der Waals surface area contributed by atoms with Gasteiger partial charge >= 0.3 is 0 Å². The second kappa shape index (κ2) is 6.32. The molecule has 0 aromatic heterocycles. The monoisotopic (exact) mass is 312 g/mol. The van der Waals surface area contributed by atoms with Crippen molar-refractivity contribution in [3.63, 3.8) is 0 Å². The molecule has 2 saturated heterocycles. The van der Waals surface area contributed by atoms with E-state index >= 15 is 0 Å². The van der Waals surface area contributed by atoms with E-state index in [1.165, 1.54) is 17.0 Å². The van der Waals surface area contributed by atoms with Gasteiger partial charge in [0.2, 0.25) is 5.91 Å². The van der Waals surface area contributed by atoms with Crippen LogP contribution in [0, 0.1) is 0 Å². The van der Waals surface area contributed by atoms with Gasteiger partial charge in [0.05, 0.1) is 6.54 Å². The van der Waals surface area contributed by atoms with Gasteiger partial charge < -0.3 is 9.80 Å². The molecule has 0 atom stereocenters. The minimum Gasteiger partial charge on any atom is -0.354 e. The summed E-state index contributed by atoms with van der Waals surface area (Å²) in [6.07, 6.45) is 1.85. The lowest BCUT2D eigenvalue weighted by Crippen LogP contribution is -2.49. The Labute approximate surface area is 137 Å². The van der Waals surface area contributed by atoms with Gasteiger partial charge in [-0.05, 0) is 18.5 Å². The molecule has 0 bridgehead atoms. The van der Waals surface area contributed by atoms with E-state index in [9.17, 15) is 4.79 Å². The lowest BCUT2D eigenvalue weighted by Gasteiger charge is -2.37. The highest BCUT2D eigenvalue weighted by Gasteiger charge is 2.26. The molecule has 3 heterocycles. The topological polar surface area (TPSA) is 39.2 Å². The molecule has 23 heavy (non-hydrogen) atoms. The van der Waals surface area contributed by atoms with Crippen molar-refractivity contribution < 1.29 is 4.79 Å². The molecule has 2 fully saturated rings. The van der Waals surface area contributed by atoms with Crippen LogP contribution in [0.25, 0.3) is 0 Å². The molecule has 0 unspecified atom stereocenters. The average Bonchev–Trinajstić information content (AvgIpc) is 3.02. The second-order valence-electron chi connectivity index (χ2n) is 6.61. The number of fused-ring (bicyclic) bond motifs is 1. The molecule has 1 aromatic carbocycles. The highest BCUT2D eigenvalue weighted by molar-refractivity contribution is 6.02. The molecular formula is C18H24N4O. The predicted molar refractivity (Wildman–Crippen MR) is 90.5 cm³/mol. The maximum Gasteiger partial charge on any atom is 0.224 e. The summed E-state index contributed by atoms with van der Waals surface area (Å²) >= 11 is 0. The van der Waals surface area contributed by atoms with E-state index in [-0.39, 0.29) is 0 Å². The first-order valence-corrected chi connectivity index (χ1v) is 8.69. The number of likely N-dealkylation sites (tertiary alicyclic amines) is 1. The van der Waals surface area contributed by atoms with Gasteiger partial charge in [-0.25, -0.2) is 0 Å². The van der Waals surface area contributed by atoms with Crippen LogP contribution >= 0.6 is 0 Å². The summed E-state index contributed by atoms with van der Waals surface area (Å²) in [5, 5.41) is 0. The van der Waals surface area contributed by atoms with Gasteiger partial charge in [-0.15, -0.1) is 0 Å². The number of hydrogen-bond acceptors (Lipinski definition) is 4. The molecule has 0 saturated carbocycles. The molecule has 1 amide bonds. The summed E-state index contributed by atoms with van der Waals surface area (Å²) in [4.78, 5) is 23.0. The zero-order valence-corrected chi connectivity index (χ0v) is 13.6. The smallest absolute Gasteiger partial charge is 0.224 e. The zero-order chi connectivity index (χ0) is 15.6. The Kier molecular flexibility index (Phi) is 4.04. The Balaban J connectivity index is 1.24. The number of amides is 1. The number of carbonyl (C=O) groups is 1. The summed E-state index contributed by atoms with van der Waals surface area (Å²) in [6, 6.07) is 8.57. The number of piperazine rings is 1. The standard InChI is InChI=1S/C18H24N4O/c23-17-6-9-21(17)8-3-7-20-10-12-22(13-11-20)18-16-5-2-1-4-15(16)14-19-18/h1-2,4-5H,3,6-14H2. The third-order valence-electron chi connectivity index (χ3n) is 5.18. The first-order chi connectivity index (χ1) is 11.3. The van der Waals surface area contributed by atoms with Crippen molar-refractivity contribution in [3.05, 3.63) is 35.4 Å². The van der Waals surface area contributed by atoms with Gasteiger partial charge in [0, 0.05) is 51.3 Å². The summed E-state index contributed by atoms with van der Waals surface area (Å²) in [6.45, 7) is 8.11. The van der Waals surface area contributed by atoms with E-state index in [2.05, 4.69) is 34.1 Å². The number of rotatable bonds is 4. The zero-order valence-electron chi connectivity index (χ0n) is 13.6. The van der Waals surface area contributed by atoms with E-state index in [1.54, 1.807) is 0 Å². The van der Waals surface area contributed by atoms with Crippen molar-refractivity contribution in [1.82, 2.24) is 14.7 Å². The molecule has 3 aliphatic heterocycles. The maximum atomic E-state index is 11.3. The fraction of sp³-hybridized carbons (Fsp3) is 0.556. The lowest BCUT2D eigenvalue weighted by molar-refractivity contribution is -0.139. The Morgan fingerprint density at radius 1 is 1.00 bits per heavy atom. The molecule has 0 radical (unpaired) electrons. The SMILES string of the molecule is O=C1CCN1CCCN1CCN(C2=NCc3ccccc32)CC1. The minimum atomic E-state index is 0.327. The summed E-state index contributed by atoms with van der Waals surface area (Å²) in [5.41, 5.74) is 2.67. The Morgan fingerprint density at radius 3 is 2.57 bits per heavy atom. The predicted octanol–water partition coefficient (Wildman–Crippen LogP) is 1.19. The average molecular weight is 312 g/mol. The van der Waals surface area contributed by atoms with Crippen LogP contribution < -0.4 is 0 Å². The van der Waals surface area contributed by atoms with Gasteiger partial charge in [0.15, 0.2) is 0 Å². The molecule has 5 heteroatoms. The number of aliphatic imine (C=N–C) groups is 1. The molecule has 122 valence electrons. The summed E-state index contributed by atoms with van der Waals surface area (Å²) in [5.74, 6) is 1.51. The van der Waals surface area contributed by atoms with Crippen LogP contribution in [0.15, 0.2) is 29.3 Å². The van der Waals surface area contributed by atoms with Crippen molar-refractivity contribution >= 4 is 11.7 Å². The number of amidine groups is 1. The van der Waals surface area contributed by atoms with Gasteiger partial charge in [-0.1, -0.05) is 24.3 Å². The van der Waals surface area contributed by atoms with Crippen LogP contribution in [0.1, 0.15) is 24.0 Å². The molecule has 0 aliphatic carbocycles. The quantitative estimate of drug-likeness (QED) is 0.784. The molecule has 5 nitrogen and oxygen atoms in total. The summed E-state index contributed by atoms with van der Waals surface area (Å²) < 4.78 is 0. The molecule has 0 spiro atoms. The Morgan fingerprint density at radius 2 is 1.83 bits per heavy atom. The number of hydrogen-bond donors (Lipinski definition) is 0. The molecule has 0 N–H and O–H groups in total. The fourth-order valence-electron chi connectivity index (χ4n) is 3.66. The van der Waals surface area contributed by atoms with Gasteiger partial charge in [0.25, 0.3) is 0 Å². The maximum absolute atomic E-state index is 11.3. The number of carbonyl (C=O) groups excluding carboxylic acids is 1. The van der Waals surface area contributed by atoms with E-state index in [4.69, 9.17) is 4.99 Å². The fourth-order valence-corrected chi connectivity index (χ4v) is 3.66. The van der Waals surface area contributed by atoms with Crippen LogP contribution in [-0.4, -0.2) is 72.3 Å². The third-order valence-corrected chi connectivity index (χ3v) is 5.18. The van der Waals surface area contributed by atoms with Crippen LogP contribution in [-0.2, 0) is 11.3 Å². The highest BCUT2D eigenvalue weighted by Crippen LogP contribution is 2.21. The van der Waals surface area contributed by atoms with Crippen LogP contribution in [0.4, 0.5) is 0 Å². The highest BCUT2D eigenvalue weighted by atomic mass is 16.2. The Hall–Kier alpha value is -1.88. The van der Waals surface area contributed by atoms with Crippen molar-refractivity contribution in [2.24, 2.45) is 4.99 Å². The molecule has 4 rings (SSSR count). The molecule has 3 aliphatic rings. The number of nitrogens with zero attached hydrogens (tertiary/aromatic N) is 4. The summed E-state index contributed by atoms with van der Waals surface area (Å²) in [7, 11) is 0. The van der Waals surface area contributed by atoms with E-state index in [0.29, 0.717) is 5.91 Å². The molecule has 1 aromatic rings. The number of benzene rings is 1. The molecular weight excluding hydrogens is 288 g/mol. The van der Waals surface area contributed by atoms with Crippen molar-refractivity contribution in [1.29, 1.82) is 0 Å². The Bertz CT molecular complexity index is 619. The number of β-lactam (4-membered cyclic amide) rings is 1. The van der Waals surface area contributed by atoms with Crippen LogP contribution in [0.5, 0.6) is 0 Å². The van der Waals surface area contributed by atoms with E-state index < -0.39 is 0 Å². The first kappa shape index (κ1) is 14.7. The second-order valence-corrected chi connectivity index (χ2v) is 6.61. The van der Waals surface area contributed by atoms with Gasteiger partial charge in [-0.2, -0.15) is 0 Å². The first-order valence-electron chi connectivity index (χ1n) is 8.69. The normalized spacial score (nSPS) is 21.2. The lowest BCUT2D eigenvalue weighted by atomic mass is 10.1. The largest absolute Gasteiger partial charge is 0.354 e. The van der Waals surface area contributed by atoms with Crippen molar-refractivity contribution in [2.45, 2.75) is 19.4 Å². The van der Waals surface area contributed by atoms with E-state index in [0.717, 1.165) is 65.2 Å².